The van der Waals surface area contributed by atoms with Crippen LogP contribution in [0.1, 0.15) is 35.3 Å². The van der Waals surface area contributed by atoms with Crippen LogP contribution in [0.15, 0.2) is 61.1 Å². The molecule has 0 unspecified atom stereocenters. The van der Waals surface area contributed by atoms with E-state index in [2.05, 4.69) is 20.5 Å². The number of pyridine rings is 1. The van der Waals surface area contributed by atoms with Gasteiger partial charge in [-0.15, -0.1) is 0 Å². The Morgan fingerprint density at radius 1 is 1.23 bits per heavy atom. The Hall–Kier alpha value is -3.78. The lowest BCUT2D eigenvalue weighted by atomic mass is 9.90. The third-order valence-electron chi connectivity index (χ3n) is 6.65. The molecule has 1 amide bonds. The molecule has 1 aliphatic rings. The number of hydrogen-bond acceptors (Lipinski definition) is 5. The first-order valence-corrected chi connectivity index (χ1v) is 11.8. The van der Waals surface area contributed by atoms with Crippen LogP contribution in [-0.2, 0) is 0 Å². The van der Waals surface area contributed by atoms with E-state index in [1.165, 1.54) is 12.1 Å². The second-order valence-electron chi connectivity index (χ2n) is 8.83. The second-order valence-corrected chi connectivity index (χ2v) is 8.83. The molecule has 1 saturated heterocycles. The zero-order chi connectivity index (χ0) is 24.4. The highest BCUT2D eigenvalue weighted by molar-refractivity contribution is 5.96. The molecule has 2 aromatic heterocycles. The molecule has 180 valence electrons. The van der Waals surface area contributed by atoms with Gasteiger partial charge in [0, 0.05) is 48.1 Å². The number of carbonyl (C=O) groups excluding carboxylic acids is 1. The lowest BCUT2D eigenvalue weighted by Gasteiger charge is -2.33. The minimum atomic E-state index is -0.320. The number of H-pyrrole nitrogens is 1. The van der Waals surface area contributed by atoms with Gasteiger partial charge in [-0.05, 0) is 61.7 Å². The fourth-order valence-electron chi connectivity index (χ4n) is 4.99. The quantitative estimate of drug-likeness (QED) is 0.410. The fraction of sp³-hybridized carbons (Fsp3) is 0.296. The normalized spacial score (nSPS) is 16.4. The smallest absolute Gasteiger partial charge is 0.254 e. The number of carbonyl (C=O) groups is 1. The van der Waals surface area contributed by atoms with Crippen LogP contribution >= 0.6 is 0 Å². The fourth-order valence-corrected chi connectivity index (χ4v) is 4.99. The van der Waals surface area contributed by atoms with E-state index in [0.29, 0.717) is 23.5 Å². The summed E-state index contributed by atoms with van der Waals surface area (Å²) in [6.07, 6.45) is 6.30. The van der Waals surface area contributed by atoms with E-state index >= 15 is 0 Å². The number of amides is 1. The van der Waals surface area contributed by atoms with Crippen molar-refractivity contribution < 1.29 is 13.9 Å². The third kappa shape index (κ3) is 4.49. The van der Waals surface area contributed by atoms with Crippen molar-refractivity contribution in [3.63, 3.8) is 0 Å². The highest BCUT2D eigenvalue weighted by Gasteiger charge is 2.34. The zero-order valence-corrected chi connectivity index (χ0v) is 19.8. The number of nitrogens with zero attached hydrogens (tertiary/aromatic N) is 3. The van der Waals surface area contributed by atoms with E-state index in [0.717, 1.165) is 41.5 Å². The summed E-state index contributed by atoms with van der Waals surface area (Å²) in [7, 11) is 1.83. The first kappa shape index (κ1) is 23.0. The Morgan fingerprint density at radius 3 is 2.89 bits per heavy atom. The number of rotatable bonds is 7. The molecule has 7 nitrogen and oxygen atoms in total. The molecule has 5 rings (SSSR count). The Balaban J connectivity index is 1.52. The van der Waals surface area contributed by atoms with Crippen molar-refractivity contribution in [2.75, 3.05) is 26.7 Å². The van der Waals surface area contributed by atoms with Gasteiger partial charge in [0.25, 0.3) is 5.91 Å². The molecule has 0 radical (unpaired) electrons. The SMILES string of the molecule is CCOc1cc(C(=O)N(C)[C@@H](c2cncc3cn[nH]c23)[C@H]2CCNC2)ccc1-c1cccc(F)c1. The number of hydrogen-bond donors (Lipinski definition) is 2. The van der Waals surface area contributed by atoms with E-state index < -0.39 is 0 Å². The highest BCUT2D eigenvalue weighted by atomic mass is 19.1. The van der Waals surface area contributed by atoms with Gasteiger partial charge in [-0.3, -0.25) is 14.9 Å². The minimum absolute atomic E-state index is 0.120. The lowest BCUT2D eigenvalue weighted by Crippen LogP contribution is -2.36. The number of benzene rings is 2. The molecule has 0 aliphatic carbocycles. The van der Waals surface area contributed by atoms with E-state index in [1.807, 2.05) is 32.3 Å². The maximum absolute atomic E-state index is 13.9. The van der Waals surface area contributed by atoms with E-state index in [-0.39, 0.29) is 23.7 Å². The summed E-state index contributed by atoms with van der Waals surface area (Å²) in [5, 5.41) is 11.6. The van der Waals surface area contributed by atoms with Crippen LogP contribution in [0.3, 0.4) is 0 Å². The summed E-state index contributed by atoms with van der Waals surface area (Å²) in [5.41, 5.74) is 3.80. The largest absolute Gasteiger partial charge is 0.493 e. The van der Waals surface area contributed by atoms with Crippen molar-refractivity contribution in [3.8, 4) is 16.9 Å². The number of aromatic nitrogens is 3. The van der Waals surface area contributed by atoms with Crippen molar-refractivity contribution in [2.24, 2.45) is 5.92 Å². The highest BCUT2D eigenvalue weighted by Crippen LogP contribution is 2.37. The van der Waals surface area contributed by atoms with E-state index in [1.54, 1.807) is 35.5 Å². The third-order valence-corrected chi connectivity index (χ3v) is 6.65. The molecule has 1 aliphatic heterocycles. The van der Waals surface area contributed by atoms with Crippen LogP contribution in [0.5, 0.6) is 5.75 Å². The maximum Gasteiger partial charge on any atom is 0.254 e. The molecule has 0 bridgehead atoms. The molecule has 2 aromatic carbocycles. The molecular formula is C27H28FN5O2. The lowest BCUT2D eigenvalue weighted by molar-refractivity contribution is 0.0679. The van der Waals surface area contributed by atoms with Crippen molar-refractivity contribution in [2.45, 2.75) is 19.4 Å². The number of nitrogens with one attached hydrogen (secondary N) is 2. The molecule has 0 spiro atoms. The Bertz CT molecular complexity index is 1350. The van der Waals surface area contributed by atoms with Gasteiger partial charge in [-0.2, -0.15) is 5.10 Å². The van der Waals surface area contributed by atoms with Crippen LogP contribution in [0.4, 0.5) is 4.39 Å². The van der Waals surface area contributed by atoms with Crippen molar-refractivity contribution in [1.29, 1.82) is 0 Å². The van der Waals surface area contributed by atoms with Crippen LogP contribution in [0.25, 0.3) is 22.0 Å². The predicted octanol–water partition coefficient (Wildman–Crippen LogP) is 4.59. The van der Waals surface area contributed by atoms with Crippen molar-refractivity contribution >= 4 is 16.8 Å². The number of fused-ring (bicyclic) bond motifs is 1. The molecule has 4 aromatic rings. The second kappa shape index (κ2) is 9.84. The van der Waals surface area contributed by atoms with E-state index in [9.17, 15) is 9.18 Å². The summed E-state index contributed by atoms with van der Waals surface area (Å²) in [4.78, 5) is 20.0. The maximum atomic E-state index is 13.9. The number of aromatic amines is 1. The van der Waals surface area contributed by atoms with Crippen molar-refractivity contribution in [1.82, 2.24) is 25.4 Å². The van der Waals surface area contributed by atoms with Gasteiger partial charge in [0.1, 0.15) is 11.6 Å². The Kier molecular flexibility index (Phi) is 6.46. The van der Waals surface area contributed by atoms with Crippen LogP contribution in [-0.4, -0.2) is 52.7 Å². The molecular weight excluding hydrogens is 445 g/mol. The number of ether oxygens (including phenoxy) is 1. The average molecular weight is 474 g/mol. The summed E-state index contributed by atoms with van der Waals surface area (Å²) >= 11 is 0. The molecule has 2 N–H and O–H groups in total. The van der Waals surface area contributed by atoms with Crippen molar-refractivity contribution in [3.05, 3.63) is 78.0 Å². The number of halogens is 1. The van der Waals surface area contributed by atoms with Gasteiger partial charge in [0.15, 0.2) is 0 Å². The van der Waals surface area contributed by atoms with Gasteiger partial charge in [0.05, 0.1) is 24.4 Å². The van der Waals surface area contributed by atoms with Gasteiger partial charge in [-0.1, -0.05) is 12.1 Å². The van der Waals surface area contributed by atoms with Gasteiger partial charge in [-0.25, -0.2) is 4.39 Å². The molecule has 2 atom stereocenters. The Labute approximate surface area is 203 Å². The first-order valence-electron chi connectivity index (χ1n) is 11.8. The van der Waals surface area contributed by atoms with Crippen LogP contribution in [0.2, 0.25) is 0 Å². The predicted molar refractivity (Wildman–Crippen MR) is 133 cm³/mol. The van der Waals surface area contributed by atoms with Gasteiger partial charge >= 0.3 is 0 Å². The standard InChI is InChI=1S/C27H28FN5O2/c1-3-35-24-12-18(7-8-22(24)17-5-4-6-21(28)11-17)27(34)33(2)26(19-9-10-29-13-19)23-16-30-14-20-15-31-32-25(20)23/h4-8,11-12,14-16,19,26,29H,3,9-10,13H2,1-2H3,(H,31,32)/t19-,26+/m0/s1. The molecule has 35 heavy (non-hydrogen) atoms. The first-order chi connectivity index (χ1) is 17.1. The Morgan fingerprint density at radius 2 is 2.11 bits per heavy atom. The van der Waals surface area contributed by atoms with Crippen LogP contribution in [0, 0.1) is 11.7 Å². The summed E-state index contributed by atoms with van der Waals surface area (Å²) < 4.78 is 19.7. The van der Waals surface area contributed by atoms with Gasteiger partial charge in [0.2, 0.25) is 0 Å². The topological polar surface area (TPSA) is 83.1 Å². The molecule has 3 heterocycles. The molecule has 1 fully saturated rings. The summed E-state index contributed by atoms with van der Waals surface area (Å²) in [6.45, 7) is 4.04. The van der Waals surface area contributed by atoms with Gasteiger partial charge < -0.3 is 15.0 Å². The minimum Gasteiger partial charge on any atom is -0.493 e. The van der Waals surface area contributed by atoms with Crippen LogP contribution < -0.4 is 10.1 Å². The monoisotopic (exact) mass is 473 g/mol. The zero-order valence-electron chi connectivity index (χ0n) is 19.8. The summed E-state index contributed by atoms with van der Waals surface area (Å²) in [6, 6.07) is 11.5. The molecule has 8 heteroatoms. The average Bonchev–Trinajstić information content (AvgIpc) is 3.57. The van der Waals surface area contributed by atoms with E-state index in [4.69, 9.17) is 4.74 Å². The summed E-state index contributed by atoms with van der Waals surface area (Å²) in [5.74, 6) is 0.343. The molecule has 0 saturated carbocycles.